The van der Waals surface area contributed by atoms with Gasteiger partial charge in [0.15, 0.2) is 0 Å². The van der Waals surface area contributed by atoms with Gasteiger partial charge in [0.1, 0.15) is 5.78 Å². The first-order chi connectivity index (χ1) is 5.06. The molecule has 0 saturated heterocycles. The minimum atomic E-state index is -0.429. The average molecular weight is 158 g/mol. The summed E-state index contributed by atoms with van der Waals surface area (Å²) in [5, 5.41) is 9.12. The van der Waals surface area contributed by atoms with Crippen LogP contribution in [0.15, 0.2) is 0 Å². The molecule has 0 aliphatic heterocycles. The second-order valence-electron chi connectivity index (χ2n) is 3.40. The van der Waals surface area contributed by atoms with E-state index in [1.807, 2.05) is 20.8 Å². The summed E-state index contributed by atoms with van der Waals surface area (Å²) in [7, 11) is 0. The Morgan fingerprint density at radius 3 is 2.27 bits per heavy atom. The quantitative estimate of drug-likeness (QED) is 0.662. The number of ketones is 1. The Kier molecular flexibility index (Phi) is 5.12. The van der Waals surface area contributed by atoms with Crippen molar-refractivity contribution < 1.29 is 9.90 Å². The van der Waals surface area contributed by atoms with Gasteiger partial charge in [-0.05, 0) is 12.3 Å². The summed E-state index contributed by atoms with van der Waals surface area (Å²) in [5.41, 5.74) is 0. The molecule has 0 aromatic rings. The van der Waals surface area contributed by atoms with Crippen molar-refractivity contribution in [2.45, 2.75) is 46.1 Å². The predicted octanol–water partition coefficient (Wildman–Crippen LogP) is 1.76. The molecule has 0 aliphatic carbocycles. The van der Waals surface area contributed by atoms with Crippen LogP contribution in [-0.4, -0.2) is 17.0 Å². The van der Waals surface area contributed by atoms with Crippen LogP contribution < -0.4 is 0 Å². The third-order valence-electron chi connectivity index (χ3n) is 1.57. The van der Waals surface area contributed by atoms with E-state index in [-0.39, 0.29) is 5.78 Å². The lowest BCUT2D eigenvalue weighted by molar-refractivity contribution is -0.121. The minimum Gasteiger partial charge on any atom is -0.393 e. The number of carbonyl (C=O) groups is 1. The highest BCUT2D eigenvalue weighted by Gasteiger charge is 2.09. The second-order valence-corrected chi connectivity index (χ2v) is 3.40. The fraction of sp³-hybridized carbons (Fsp3) is 0.889. The molecule has 0 fully saturated rings. The number of hydrogen-bond donors (Lipinski definition) is 1. The highest BCUT2D eigenvalue weighted by molar-refractivity contribution is 5.78. The molecule has 0 saturated carbocycles. The molecular formula is C9H18O2. The smallest absolute Gasteiger partial charge is 0.135 e. The molecule has 0 bridgehead atoms. The van der Waals surface area contributed by atoms with Gasteiger partial charge in [0.25, 0.3) is 0 Å². The Morgan fingerprint density at radius 2 is 1.91 bits per heavy atom. The summed E-state index contributed by atoms with van der Waals surface area (Å²) in [6, 6.07) is 0. The van der Waals surface area contributed by atoms with Crippen molar-refractivity contribution in [1.82, 2.24) is 0 Å². The van der Waals surface area contributed by atoms with Crippen LogP contribution in [0.3, 0.4) is 0 Å². The molecule has 0 aromatic heterocycles. The molecule has 0 spiro atoms. The van der Waals surface area contributed by atoms with Crippen LogP contribution in [0.2, 0.25) is 0 Å². The summed E-state index contributed by atoms with van der Waals surface area (Å²) < 4.78 is 0. The van der Waals surface area contributed by atoms with Crippen molar-refractivity contribution in [3.05, 3.63) is 0 Å². The van der Waals surface area contributed by atoms with Crippen LogP contribution in [0.1, 0.15) is 40.0 Å². The van der Waals surface area contributed by atoms with Gasteiger partial charge in [-0.15, -0.1) is 0 Å². The molecule has 0 amide bonds. The molecule has 11 heavy (non-hydrogen) atoms. The lowest BCUT2D eigenvalue weighted by Crippen LogP contribution is -2.13. The number of carbonyl (C=O) groups excluding carboxylic acids is 1. The summed E-state index contributed by atoms with van der Waals surface area (Å²) in [6.07, 6.45) is 1.16. The Labute approximate surface area is 68.6 Å². The number of aliphatic hydroxyl groups excluding tert-OH is 1. The van der Waals surface area contributed by atoms with Gasteiger partial charge in [-0.3, -0.25) is 4.79 Å². The molecule has 0 aliphatic rings. The zero-order chi connectivity index (χ0) is 8.85. The summed E-state index contributed by atoms with van der Waals surface area (Å²) in [5.74, 6) is 0.584. The normalized spacial score (nSPS) is 13.5. The van der Waals surface area contributed by atoms with Crippen molar-refractivity contribution in [2.24, 2.45) is 5.92 Å². The molecular weight excluding hydrogens is 140 g/mol. The molecule has 0 aromatic carbocycles. The number of hydrogen-bond acceptors (Lipinski definition) is 2. The highest BCUT2D eigenvalue weighted by atomic mass is 16.3. The molecule has 66 valence electrons. The van der Waals surface area contributed by atoms with E-state index < -0.39 is 6.10 Å². The standard InChI is InChI=1S/C9H18O2/c1-4-8(10)6-9(11)5-7(2)3/h7-8,10H,4-6H2,1-3H3/t8-/m1/s1. The monoisotopic (exact) mass is 158 g/mol. The zero-order valence-corrected chi connectivity index (χ0v) is 7.63. The van der Waals surface area contributed by atoms with E-state index in [1.54, 1.807) is 0 Å². The fourth-order valence-electron chi connectivity index (χ4n) is 0.946. The van der Waals surface area contributed by atoms with Crippen molar-refractivity contribution in [3.8, 4) is 0 Å². The average Bonchev–Trinajstić information content (AvgIpc) is 1.85. The third-order valence-corrected chi connectivity index (χ3v) is 1.57. The van der Waals surface area contributed by atoms with Gasteiger partial charge in [0, 0.05) is 12.8 Å². The van der Waals surface area contributed by atoms with Gasteiger partial charge in [0.2, 0.25) is 0 Å². The summed E-state index contributed by atoms with van der Waals surface area (Å²) >= 11 is 0. The lowest BCUT2D eigenvalue weighted by atomic mass is 10.0. The minimum absolute atomic E-state index is 0.175. The van der Waals surface area contributed by atoms with E-state index in [0.29, 0.717) is 25.2 Å². The number of Topliss-reactive ketones (excluding diaryl/α,β-unsaturated/α-hetero) is 1. The van der Waals surface area contributed by atoms with Crippen molar-refractivity contribution >= 4 is 5.78 Å². The Hall–Kier alpha value is -0.370. The maximum atomic E-state index is 11.1. The van der Waals surface area contributed by atoms with Crippen molar-refractivity contribution in [1.29, 1.82) is 0 Å². The number of rotatable bonds is 5. The fourth-order valence-corrected chi connectivity index (χ4v) is 0.946. The zero-order valence-electron chi connectivity index (χ0n) is 7.63. The first kappa shape index (κ1) is 10.6. The van der Waals surface area contributed by atoms with Crippen LogP contribution in [0, 0.1) is 5.92 Å². The Balaban J connectivity index is 3.52. The Bertz CT molecular complexity index is 119. The van der Waals surface area contributed by atoms with Gasteiger partial charge in [-0.25, -0.2) is 0 Å². The molecule has 0 rings (SSSR count). The molecule has 1 atom stereocenters. The maximum Gasteiger partial charge on any atom is 0.135 e. The van der Waals surface area contributed by atoms with Crippen molar-refractivity contribution in [2.75, 3.05) is 0 Å². The van der Waals surface area contributed by atoms with E-state index in [4.69, 9.17) is 5.11 Å². The number of aliphatic hydroxyl groups is 1. The van der Waals surface area contributed by atoms with E-state index in [0.717, 1.165) is 0 Å². The molecule has 0 radical (unpaired) electrons. The van der Waals surface area contributed by atoms with Gasteiger partial charge in [-0.2, -0.15) is 0 Å². The molecule has 0 heterocycles. The van der Waals surface area contributed by atoms with Gasteiger partial charge in [-0.1, -0.05) is 20.8 Å². The first-order valence-corrected chi connectivity index (χ1v) is 4.26. The van der Waals surface area contributed by atoms with E-state index in [9.17, 15) is 4.79 Å². The molecule has 1 N–H and O–H groups in total. The van der Waals surface area contributed by atoms with E-state index in [1.165, 1.54) is 0 Å². The van der Waals surface area contributed by atoms with Crippen LogP contribution in [0.5, 0.6) is 0 Å². The largest absolute Gasteiger partial charge is 0.393 e. The topological polar surface area (TPSA) is 37.3 Å². The molecule has 2 heteroatoms. The van der Waals surface area contributed by atoms with Crippen LogP contribution in [0.4, 0.5) is 0 Å². The van der Waals surface area contributed by atoms with E-state index in [2.05, 4.69) is 0 Å². The van der Waals surface area contributed by atoms with Crippen molar-refractivity contribution in [3.63, 3.8) is 0 Å². The van der Waals surface area contributed by atoms with Gasteiger partial charge < -0.3 is 5.11 Å². The van der Waals surface area contributed by atoms with E-state index >= 15 is 0 Å². The lowest BCUT2D eigenvalue weighted by Gasteiger charge is -2.07. The van der Waals surface area contributed by atoms with Crippen LogP contribution in [-0.2, 0) is 4.79 Å². The maximum absolute atomic E-state index is 11.1. The van der Waals surface area contributed by atoms with Gasteiger partial charge in [0.05, 0.1) is 6.10 Å². The Morgan fingerprint density at radius 1 is 1.36 bits per heavy atom. The predicted molar refractivity (Wildman–Crippen MR) is 45.4 cm³/mol. The molecule has 0 unspecified atom stereocenters. The molecule has 2 nitrogen and oxygen atoms in total. The first-order valence-electron chi connectivity index (χ1n) is 4.26. The van der Waals surface area contributed by atoms with Gasteiger partial charge >= 0.3 is 0 Å². The SMILES string of the molecule is CC[C@@H](O)CC(=O)CC(C)C. The van der Waals surface area contributed by atoms with Crippen LogP contribution >= 0.6 is 0 Å². The highest BCUT2D eigenvalue weighted by Crippen LogP contribution is 2.06. The summed E-state index contributed by atoms with van der Waals surface area (Å²) in [4.78, 5) is 11.1. The van der Waals surface area contributed by atoms with Crippen LogP contribution in [0.25, 0.3) is 0 Å². The summed E-state index contributed by atoms with van der Waals surface area (Å²) in [6.45, 7) is 5.90. The second kappa shape index (κ2) is 5.30. The third kappa shape index (κ3) is 6.05.